The SMILES string of the molecule is CCCCCCCCCCCCCCCCCC(CC)[N+](O)(CC)CC.[Cl-]. The quantitative estimate of drug-likeness (QED) is 0.166. The Kier molecular flexibility index (Phi) is 22.8. The molecule has 0 spiro atoms. The summed E-state index contributed by atoms with van der Waals surface area (Å²) in [6, 6.07) is 0.437. The molecule has 2 nitrogen and oxygen atoms in total. The molecule has 0 aromatic carbocycles. The van der Waals surface area contributed by atoms with Gasteiger partial charge in [-0.25, -0.2) is 5.21 Å². The molecule has 0 fully saturated rings. The fraction of sp³-hybridized carbons (Fsp3) is 1.00. The van der Waals surface area contributed by atoms with Gasteiger partial charge >= 0.3 is 0 Å². The second kappa shape index (κ2) is 20.9. The van der Waals surface area contributed by atoms with E-state index in [0.29, 0.717) is 6.04 Å². The highest BCUT2D eigenvalue weighted by molar-refractivity contribution is 4.57. The minimum atomic E-state index is 0. The normalized spacial score (nSPS) is 12.8. The molecule has 1 N–H and O–H groups in total. The topological polar surface area (TPSA) is 20.2 Å². The van der Waals surface area contributed by atoms with Gasteiger partial charge in [-0.2, -0.15) is 4.65 Å². The Morgan fingerprint density at radius 3 is 1.19 bits per heavy atom. The summed E-state index contributed by atoms with van der Waals surface area (Å²) in [5.74, 6) is 0. The van der Waals surface area contributed by atoms with Crippen molar-refractivity contribution < 1.29 is 22.3 Å². The van der Waals surface area contributed by atoms with Crippen molar-refractivity contribution in [3.63, 3.8) is 0 Å². The summed E-state index contributed by atoms with van der Waals surface area (Å²) in [4.78, 5) is 0. The van der Waals surface area contributed by atoms with Gasteiger partial charge in [0.25, 0.3) is 0 Å². The van der Waals surface area contributed by atoms with E-state index >= 15 is 0 Å². The van der Waals surface area contributed by atoms with E-state index in [1.807, 2.05) is 0 Å². The molecule has 0 aliphatic heterocycles. The molecule has 0 aliphatic carbocycles. The van der Waals surface area contributed by atoms with Crippen LogP contribution < -0.4 is 12.4 Å². The molecule has 0 saturated carbocycles. The van der Waals surface area contributed by atoms with Crippen LogP contribution in [0.4, 0.5) is 0 Å². The van der Waals surface area contributed by atoms with Crippen molar-refractivity contribution in [2.45, 2.75) is 143 Å². The van der Waals surface area contributed by atoms with Crippen molar-refractivity contribution in [2.75, 3.05) is 13.1 Å². The van der Waals surface area contributed by atoms with Gasteiger partial charge in [-0.3, -0.25) is 0 Å². The maximum Gasteiger partial charge on any atom is 0.119 e. The Bertz CT molecular complexity index is 282. The molecule has 0 heterocycles. The van der Waals surface area contributed by atoms with Crippen molar-refractivity contribution in [3.05, 3.63) is 0 Å². The zero-order valence-corrected chi connectivity index (χ0v) is 20.0. The molecule has 0 bridgehead atoms. The maximum absolute atomic E-state index is 10.6. The number of hydrogen-bond donors (Lipinski definition) is 1. The molecule has 3 heteroatoms. The van der Waals surface area contributed by atoms with Crippen molar-refractivity contribution in [2.24, 2.45) is 0 Å². The van der Waals surface area contributed by atoms with Crippen LogP contribution in [-0.2, 0) is 0 Å². The number of hydrogen-bond acceptors (Lipinski definition) is 1. The van der Waals surface area contributed by atoms with E-state index in [0.717, 1.165) is 19.5 Å². The van der Waals surface area contributed by atoms with Gasteiger partial charge in [-0.15, -0.1) is 0 Å². The lowest BCUT2D eigenvalue weighted by molar-refractivity contribution is -1.12. The second-order valence-electron chi connectivity index (χ2n) is 8.42. The van der Waals surface area contributed by atoms with Crippen LogP contribution in [0.2, 0.25) is 0 Å². The molecular weight excluding hydrogens is 354 g/mol. The smallest absolute Gasteiger partial charge is 0.119 e. The van der Waals surface area contributed by atoms with Crippen LogP contribution >= 0.6 is 0 Å². The monoisotopic (exact) mass is 405 g/mol. The van der Waals surface area contributed by atoms with Gasteiger partial charge in [0.05, 0.1) is 0 Å². The number of halogens is 1. The average Bonchev–Trinajstić information content (AvgIpc) is 2.67. The molecule has 27 heavy (non-hydrogen) atoms. The standard InChI is InChI=1S/C24H52NO.ClH/c1-5-9-10-11-12-13-14-15-16-17-18-19-20-21-22-23-24(6-2)25(26,7-3)8-4;/h24,26H,5-23H2,1-4H3;1H/q+1;/p-1. The first-order chi connectivity index (χ1) is 12.6. The molecule has 166 valence electrons. The Morgan fingerprint density at radius 2 is 0.889 bits per heavy atom. The number of rotatable bonds is 20. The van der Waals surface area contributed by atoms with Gasteiger partial charge in [0.15, 0.2) is 0 Å². The maximum atomic E-state index is 10.6. The van der Waals surface area contributed by atoms with Crippen LogP contribution in [-0.4, -0.2) is 29.0 Å². The number of unbranched alkanes of at least 4 members (excludes halogenated alkanes) is 14. The minimum absolute atomic E-state index is 0. The summed E-state index contributed by atoms with van der Waals surface area (Å²) in [5, 5.41) is 10.6. The third-order valence-electron chi connectivity index (χ3n) is 6.39. The molecule has 0 radical (unpaired) electrons. The Hall–Kier alpha value is 0.210. The molecular formula is C24H52ClNO. The Morgan fingerprint density at radius 1 is 0.556 bits per heavy atom. The van der Waals surface area contributed by atoms with Crippen LogP contribution in [0, 0.1) is 0 Å². The van der Waals surface area contributed by atoms with Crippen LogP contribution in [0.1, 0.15) is 137 Å². The van der Waals surface area contributed by atoms with E-state index in [4.69, 9.17) is 0 Å². The largest absolute Gasteiger partial charge is 1.00 e. The first kappa shape index (κ1) is 29.4. The van der Waals surface area contributed by atoms with E-state index in [1.165, 1.54) is 103 Å². The summed E-state index contributed by atoms with van der Waals surface area (Å²) in [6.07, 6.45) is 23.6. The molecule has 0 saturated heterocycles. The Labute approximate surface area is 178 Å². The minimum Gasteiger partial charge on any atom is -1.00 e. The van der Waals surface area contributed by atoms with Gasteiger partial charge < -0.3 is 12.4 Å². The number of nitrogens with zero attached hydrogens (tertiary/aromatic N) is 1. The lowest BCUT2D eigenvalue weighted by Gasteiger charge is -2.35. The number of quaternary nitrogens is 1. The van der Waals surface area contributed by atoms with E-state index in [1.54, 1.807) is 0 Å². The summed E-state index contributed by atoms with van der Waals surface area (Å²) in [6.45, 7) is 10.4. The molecule has 0 amide bonds. The average molecular weight is 406 g/mol. The van der Waals surface area contributed by atoms with Crippen molar-refractivity contribution in [1.29, 1.82) is 0 Å². The predicted molar refractivity (Wildman–Crippen MR) is 117 cm³/mol. The molecule has 0 aromatic heterocycles. The molecule has 1 atom stereocenters. The molecule has 0 aromatic rings. The van der Waals surface area contributed by atoms with Gasteiger partial charge in [0.1, 0.15) is 19.1 Å². The highest BCUT2D eigenvalue weighted by Crippen LogP contribution is 2.20. The zero-order valence-electron chi connectivity index (χ0n) is 19.3. The highest BCUT2D eigenvalue weighted by Gasteiger charge is 2.30. The van der Waals surface area contributed by atoms with Crippen LogP contribution in [0.25, 0.3) is 0 Å². The molecule has 0 rings (SSSR count). The molecule has 1 unspecified atom stereocenters. The van der Waals surface area contributed by atoms with Crippen LogP contribution in [0.3, 0.4) is 0 Å². The highest BCUT2D eigenvalue weighted by atomic mass is 35.5. The third kappa shape index (κ3) is 15.8. The van der Waals surface area contributed by atoms with Crippen LogP contribution in [0.5, 0.6) is 0 Å². The molecule has 0 aliphatic rings. The lowest BCUT2D eigenvalue weighted by atomic mass is 10.0. The van der Waals surface area contributed by atoms with Gasteiger partial charge in [0, 0.05) is 6.42 Å². The van der Waals surface area contributed by atoms with Crippen molar-refractivity contribution in [1.82, 2.24) is 0 Å². The first-order valence-corrected chi connectivity index (χ1v) is 12.2. The Balaban J connectivity index is 0. The fourth-order valence-corrected chi connectivity index (χ4v) is 4.28. The van der Waals surface area contributed by atoms with Gasteiger partial charge in [0.2, 0.25) is 0 Å². The van der Waals surface area contributed by atoms with E-state index < -0.39 is 0 Å². The lowest BCUT2D eigenvalue weighted by Crippen LogP contribution is -3.00. The number of hydroxylamine groups is 3. The van der Waals surface area contributed by atoms with Crippen molar-refractivity contribution >= 4 is 0 Å². The fourth-order valence-electron chi connectivity index (χ4n) is 4.28. The van der Waals surface area contributed by atoms with Crippen LogP contribution in [0.15, 0.2) is 0 Å². The summed E-state index contributed by atoms with van der Waals surface area (Å²) >= 11 is 0. The van der Waals surface area contributed by atoms with Gasteiger partial charge in [-0.05, 0) is 26.7 Å². The van der Waals surface area contributed by atoms with E-state index in [2.05, 4.69) is 27.7 Å². The summed E-state index contributed by atoms with van der Waals surface area (Å²) < 4.78 is 0.273. The van der Waals surface area contributed by atoms with Crippen molar-refractivity contribution in [3.8, 4) is 0 Å². The summed E-state index contributed by atoms with van der Waals surface area (Å²) in [7, 11) is 0. The third-order valence-corrected chi connectivity index (χ3v) is 6.39. The van der Waals surface area contributed by atoms with E-state index in [-0.39, 0.29) is 17.1 Å². The predicted octanol–water partition coefficient (Wildman–Crippen LogP) is 5.28. The van der Waals surface area contributed by atoms with Gasteiger partial charge in [-0.1, -0.05) is 104 Å². The van der Waals surface area contributed by atoms with E-state index in [9.17, 15) is 5.21 Å². The summed E-state index contributed by atoms with van der Waals surface area (Å²) in [5.41, 5.74) is 0. The first-order valence-electron chi connectivity index (χ1n) is 12.2. The zero-order chi connectivity index (χ0) is 19.5. The second-order valence-corrected chi connectivity index (χ2v) is 8.42.